The number of nitrogens with two attached hydrogens (primary N) is 2. The molecule has 1 unspecified atom stereocenters. The van der Waals surface area contributed by atoms with Crippen LogP contribution in [0.5, 0.6) is 0 Å². The fraction of sp³-hybridized carbons (Fsp3) is 0.100. The number of benzene rings is 1. The number of hydrogen-bond donors (Lipinski definition) is 4. The van der Waals surface area contributed by atoms with Crippen molar-refractivity contribution in [2.75, 3.05) is 4.90 Å². The first kappa shape index (κ1) is 11.9. The highest BCUT2D eigenvalue weighted by Crippen LogP contribution is 2.30. The summed E-state index contributed by atoms with van der Waals surface area (Å²) in [6.07, 6.45) is 0. The second kappa shape index (κ2) is 4.38. The van der Waals surface area contributed by atoms with Crippen molar-refractivity contribution in [1.82, 2.24) is 5.32 Å². The van der Waals surface area contributed by atoms with E-state index in [4.69, 9.17) is 23.1 Å². The molecule has 1 atom stereocenters. The zero-order valence-electron chi connectivity index (χ0n) is 8.72. The van der Waals surface area contributed by atoms with Crippen molar-refractivity contribution in [1.29, 1.82) is 0 Å². The Morgan fingerprint density at radius 2 is 2.00 bits per heavy atom. The molecule has 1 amide bonds. The van der Waals surface area contributed by atoms with Crippen molar-refractivity contribution in [2.45, 2.75) is 5.50 Å². The number of hydrogen-bond acceptors (Lipinski definition) is 5. The largest absolute Gasteiger partial charge is 0.391 e. The molecule has 0 saturated heterocycles. The lowest BCUT2D eigenvalue weighted by molar-refractivity contribution is -0.118. The predicted octanol–water partition coefficient (Wildman–Crippen LogP) is 0.576. The summed E-state index contributed by atoms with van der Waals surface area (Å²) in [4.78, 5) is 13.0. The molecule has 0 aromatic heterocycles. The van der Waals surface area contributed by atoms with E-state index in [2.05, 4.69) is 17.9 Å². The van der Waals surface area contributed by atoms with Crippen molar-refractivity contribution < 1.29 is 4.79 Å². The van der Waals surface area contributed by atoms with Crippen LogP contribution in [0.15, 0.2) is 35.8 Å². The number of nitrogens with one attached hydrogen (secondary N) is 1. The number of rotatable bonds is 1. The average Bonchev–Trinajstić information content (AvgIpc) is 2.29. The van der Waals surface area contributed by atoms with Gasteiger partial charge in [0.25, 0.3) is 5.91 Å². The molecule has 5 N–H and O–H groups in total. The third-order valence-corrected chi connectivity index (χ3v) is 3.08. The van der Waals surface area contributed by atoms with Crippen LogP contribution in [0.4, 0.5) is 5.69 Å². The highest BCUT2D eigenvalue weighted by Gasteiger charge is 2.30. The Bertz CT molecular complexity index is 505. The lowest BCUT2D eigenvalue weighted by atomic mass is 10.2. The zero-order valence-corrected chi connectivity index (χ0v) is 10.4. The average molecular weight is 271 g/mol. The topological polar surface area (TPSA) is 84.4 Å². The third kappa shape index (κ3) is 2.01. The molecule has 2 rings (SSSR count). The van der Waals surface area contributed by atoms with Gasteiger partial charge in [0, 0.05) is 0 Å². The van der Waals surface area contributed by atoms with E-state index in [1.165, 1.54) is 0 Å². The summed E-state index contributed by atoms with van der Waals surface area (Å²) < 4.78 is 0. The Morgan fingerprint density at radius 3 is 2.65 bits per heavy atom. The van der Waals surface area contributed by atoms with E-state index in [1.54, 1.807) is 23.1 Å². The van der Waals surface area contributed by atoms with E-state index >= 15 is 0 Å². The monoisotopic (exact) mass is 270 g/mol. The quantitative estimate of drug-likeness (QED) is 0.563. The first-order valence-electron chi connectivity index (χ1n) is 4.80. The van der Waals surface area contributed by atoms with Crippen molar-refractivity contribution in [3.63, 3.8) is 0 Å². The molecule has 0 aliphatic carbocycles. The number of para-hydroxylation sites is 1. The smallest absolute Gasteiger partial charge is 0.273 e. The van der Waals surface area contributed by atoms with E-state index in [0.717, 1.165) is 0 Å². The molecule has 0 saturated carbocycles. The molecular formula is C10H11ClN4OS. The molecule has 1 aliphatic rings. The van der Waals surface area contributed by atoms with Gasteiger partial charge in [0.1, 0.15) is 11.5 Å². The van der Waals surface area contributed by atoms with E-state index in [9.17, 15) is 4.79 Å². The SMILES string of the molecule is NC1=C(N)N(c2ccccc2Cl)C(S)NC1=O. The van der Waals surface area contributed by atoms with Crippen molar-refractivity contribution in [3.8, 4) is 0 Å². The predicted molar refractivity (Wildman–Crippen MR) is 70.2 cm³/mol. The molecule has 5 nitrogen and oxygen atoms in total. The van der Waals surface area contributed by atoms with Gasteiger partial charge in [-0.3, -0.25) is 9.69 Å². The maximum Gasteiger partial charge on any atom is 0.273 e. The fourth-order valence-corrected chi connectivity index (χ4v) is 2.14. The van der Waals surface area contributed by atoms with Crippen LogP contribution in [0.25, 0.3) is 0 Å². The summed E-state index contributed by atoms with van der Waals surface area (Å²) >= 11 is 10.3. The zero-order chi connectivity index (χ0) is 12.6. The molecule has 7 heteroatoms. The van der Waals surface area contributed by atoms with Crippen molar-refractivity contribution in [3.05, 3.63) is 40.8 Å². The summed E-state index contributed by atoms with van der Waals surface area (Å²) in [5.41, 5.74) is 11.4. The number of anilines is 1. The number of amides is 1. The standard InChI is InChI=1S/C10H11ClN4OS/c11-5-3-1-2-4-6(5)15-8(13)7(12)9(16)14-10(15)17/h1-4,10,17H,12-13H2,(H,14,16). The molecular weight excluding hydrogens is 260 g/mol. The molecule has 0 spiro atoms. The van der Waals surface area contributed by atoms with Crippen LogP contribution in [0.2, 0.25) is 5.02 Å². The number of carbonyl (C=O) groups is 1. The van der Waals surface area contributed by atoms with E-state index < -0.39 is 11.4 Å². The highest BCUT2D eigenvalue weighted by molar-refractivity contribution is 7.81. The van der Waals surface area contributed by atoms with E-state index in [-0.39, 0.29) is 11.5 Å². The number of halogens is 1. The summed E-state index contributed by atoms with van der Waals surface area (Å²) in [7, 11) is 0. The number of carbonyl (C=O) groups excluding carboxylic acids is 1. The van der Waals surface area contributed by atoms with E-state index in [0.29, 0.717) is 10.7 Å². The van der Waals surface area contributed by atoms with Crippen LogP contribution < -0.4 is 21.7 Å². The number of nitrogens with zero attached hydrogens (tertiary/aromatic N) is 1. The lowest BCUT2D eigenvalue weighted by Crippen LogP contribution is -2.54. The normalized spacial score (nSPS) is 20.5. The van der Waals surface area contributed by atoms with E-state index in [1.807, 2.05) is 6.07 Å². The molecule has 1 aromatic rings. The molecule has 1 aromatic carbocycles. The molecule has 0 bridgehead atoms. The van der Waals surface area contributed by atoms with Crippen LogP contribution in [0.3, 0.4) is 0 Å². The third-order valence-electron chi connectivity index (χ3n) is 2.40. The lowest BCUT2D eigenvalue weighted by Gasteiger charge is -2.35. The summed E-state index contributed by atoms with van der Waals surface area (Å²) in [6.45, 7) is 0. The molecule has 90 valence electrons. The molecule has 1 heterocycles. The Balaban J connectivity index is 2.52. The molecule has 17 heavy (non-hydrogen) atoms. The maximum absolute atomic E-state index is 11.4. The first-order chi connectivity index (χ1) is 8.02. The van der Waals surface area contributed by atoms with Crippen LogP contribution in [-0.2, 0) is 4.79 Å². The first-order valence-corrected chi connectivity index (χ1v) is 5.69. The van der Waals surface area contributed by atoms with Gasteiger partial charge in [0.15, 0.2) is 5.50 Å². The van der Waals surface area contributed by atoms with Gasteiger partial charge in [-0.15, -0.1) is 12.6 Å². The van der Waals surface area contributed by atoms with Crippen LogP contribution in [0.1, 0.15) is 0 Å². The van der Waals surface area contributed by atoms with Gasteiger partial charge < -0.3 is 16.8 Å². The van der Waals surface area contributed by atoms with Gasteiger partial charge in [-0.2, -0.15) is 0 Å². The minimum atomic E-state index is -0.602. The van der Waals surface area contributed by atoms with Gasteiger partial charge >= 0.3 is 0 Å². The molecule has 0 radical (unpaired) electrons. The van der Waals surface area contributed by atoms with Crippen LogP contribution in [0, 0.1) is 0 Å². The maximum atomic E-state index is 11.4. The minimum absolute atomic E-state index is 0.0461. The highest BCUT2D eigenvalue weighted by atomic mass is 35.5. The fourth-order valence-electron chi connectivity index (χ4n) is 1.55. The summed E-state index contributed by atoms with van der Waals surface area (Å²) in [5, 5.41) is 3.06. The summed E-state index contributed by atoms with van der Waals surface area (Å²) in [5.74, 6) is -0.298. The van der Waals surface area contributed by atoms with Crippen molar-refractivity contribution in [2.24, 2.45) is 11.5 Å². The van der Waals surface area contributed by atoms with Gasteiger partial charge in [0.05, 0.1) is 10.7 Å². The molecule has 1 aliphatic heterocycles. The summed E-state index contributed by atoms with van der Waals surface area (Å²) in [6, 6.07) is 7.09. The van der Waals surface area contributed by atoms with Crippen molar-refractivity contribution >= 4 is 35.8 Å². The van der Waals surface area contributed by atoms with Gasteiger partial charge in [-0.25, -0.2) is 0 Å². The van der Waals surface area contributed by atoms with Crippen LogP contribution >= 0.6 is 24.2 Å². The van der Waals surface area contributed by atoms with Gasteiger partial charge in [-0.05, 0) is 12.1 Å². The number of thiol groups is 1. The minimum Gasteiger partial charge on any atom is -0.391 e. The Hall–Kier alpha value is -1.53. The van der Waals surface area contributed by atoms with Crippen LogP contribution in [-0.4, -0.2) is 11.4 Å². The Labute approximate surface area is 109 Å². The Morgan fingerprint density at radius 1 is 1.35 bits per heavy atom. The van der Waals surface area contributed by atoms with Gasteiger partial charge in [-0.1, -0.05) is 23.7 Å². The van der Waals surface area contributed by atoms with Gasteiger partial charge in [0.2, 0.25) is 0 Å². The Kier molecular flexibility index (Phi) is 3.08. The second-order valence-corrected chi connectivity index (χ2v) is 4.36. The molecule has 0 fully saturated rings. The second-order valence-electron chi connectivity index (χ2n) is 3.47.